The number of hydrogen-bond donors (Lipinski definition) is 1. The maximum absolute atomic E-state index is 12.0. The molecule has 0 spiro atoms. The Morgan fingerprint density at radius 1 is 1.24 bits per heavy atom. The Morgan fingerprint density at radius 2 is 1.94 bits per heavy atom. The van der Waals surface area contributed by atoms with Crippen LogP contribution in [0.2, 0.25) is 0 Å². The van der Waals surface area contributed by atoms with Gasteiger partial charge in [0, 0.05) is 5.38 Å². The standard InChI is InChI=1S/C10H11N3O2S2/c11-13(10-6-7-16-12-10)17(14,15)8-9-4-2-1-3-5-9/h1-7H,8,11H2. The minimum Gasteiger partial charge on any atom is -0.232 e. The van der Waals surface area contributed by atoms with Gasteiger partial charge in [0.05, 0.1) is 5.75 Å². The van der Waals surface area contributed by atoms with E-state index < -0.39 is 10.0 Å². The SMILES string of the molecule is NN(c1ccsn1)S(=O)(=O)Cc1ccccc1. The van der Waals surface area contributed by atoms with Crippen molar-refractivity contribution < 1.29 is 8.42 Å². The van der Waals surface area contributed by atoms with Crippen LogP contribution in [-0.2, 0) is 15.8 Å². The van der Waals surface area contributed by atoms with E-state index in [0.29, 0.717) is 5.56 Å². The highest BCUT2D eigenvalue weighted by molar-refractivity contribution is 7.91. The molecular formula is C10H11N3O2S2. The Bertz CT molecular complexity index is 567. The van der Waals surface area contributed by atoms with Crippen molar-refractivity contribution in [1.82, 2.24) is 4.37 Å². The molecule has 0 aliphatic rings. The van der Waals surface area contributed by atoms with Gasteiger partial charge in [-0.15, -0.1) is 0 Å². The third-order valence-corrected chi connectivity index (χ3v) is 4.18. The molecule has 0 saturated carbocycles. The van der Waals surface area contributed by atoms with Crippen molar-refractivity contribution in [3.8, 4) is 0 Å². The molecule has 0 radical (unpaired) electrons. The van der Waals surface area contributed by atoms with Gasteiger partial charge >= 0.3 is 0 Å². The van der Waals surface area contributed by atoms with Crippen LogP contribution in [0, 0.1) is 0 Å². The summed E-state index contributed by atoms with van der Waals surface area (Å²) >= 11 is 1.15. The number of hydrazine groups is 1. The lowest BCUT2D eigenvalue weighted by atomic mass is 10.2. The van der Waals surface area contributed by atoms with Gasteiger partial charge in [-0.3, -0.25) is 0 Å². The maximum Gasteiger partial charge on any atom is 0.254 e. The quantitative estimate of drug-likeness (QED) is 0.671. The van der Waals surface area contributed by atoms with Gasteiger partial charge in [0.1, 0.15) is 0 Å². The number of benzene rings is 1. The minimum absolute atomic E-state index is 0.137. The van der Waals surface area contributed by atoms with Gasteiger partial charge < -0.3 is 0 Å². The number of aromatic nitrogens is 1. The number of anilines is 1. The van der Waals surface area contributed by atoms with E-state index in [-0.39, 0.29) is 11.6 Å². The van der Waals surface area contributed by atoms with E-state index in [9.17, 15) is 8.42 Å². The van der Waals surface area contributed by atoms with E-state index in [1.54, 1.807) is 35.7 Å². The number of nitrogens with two attached hydrogens (primary N) is 1. The predicted octanol–water partition coefficient (Wildman–Crippen LogP) is 1.35. The van der Waals surface area contributed by atoms with Crippen molar-refractivity contribution in [3.63, 3.8) is 0 Å². The fourth-order valence-corrected chi connectivity index (χ4v) is 3.01. The van der Waals surface area contributed by atoms with Crippen LogP contribution in [0.4, 0.5) is 5.82 Å². The minimum atomic E-state index is -3.58. The molecule has 90 valence electrons. The highest BCUT2D eigenvalue weighted by Crippen LogP contribution is 2.16. The lowest BCUT2D eigenvalue weighted by Gasteiger charge is -2.15. The summed E-state index contributed by atoms with van der Waals surface area (Å²) in [7, 11) is -3.58. The van der Waals surface area contributed by atoms with Gasteiger partial charge in [-0.25, -0.2) is 14.3 Å². The molecule has 0 saturated heterocycles. The zero-order chi connectivity index (χ0) is 12.3. The molecular weight excluding hydrogens is 258 g/mol. The van der Waals surface area contributed by atoms with Crippen molar-refractivity contribution in [2.24, 2.45) is 5.84 Å². The molecule has 17 heavy (non-hydrogen) atoms. The summed E-state index contributed by atoms with van der Waals surface area (Å²) in [5, 5.41) is 1.67. The molecule has 0 atom stereocenters. The van der Waals surface area contributed by atoms with E-state index in [1.165, 1.54) is 0 Å². The molecule has 1 heterocycles. The Balaban J connectivity index is 2.20. The summed E-state index contributed by atoms with van der Waals surface area (Å²) in [6, 6.07) is 10.5. The van der Waals surface area contributed by atoms with Crippen LogP contribution < -0.4 is 10.3 Å². The highest BCUT2D eigenvalue weighted by atomic mass is 32.2. The summed E-state index contributed by atoms with van der Waals surface area (Å²) in [5.41, 5.74) is 0.693. The van der Waals surface area contributed by atoms with Gasteiger partial charge in [-0.05, 0) is 23.2 Å². The molecule has 1 aromatic heterocycles. The first-order chi connectivity index (χ1) is 8.09. The molecule has 0 aliphatic carbocycles. The van der Waals surface area contributed by atoms with E-state index in [1.807, 2.05) is 6.07 Å². The summed E-state index contributed by atoms with van der Waals surface area (Å²) in [5.74, 6) is 5.66. The molecule has 0 bridgehead atoms. The molecule has 7 heteroatoms. The number of hydrogen-bond acceptors (Lipinski definition) is 5. The Kier molecular flexibility index (Phi) is 3.41. The second kappa shape index (κ2) is 4.82. The van der Waals surface area contributed by atoms with Crippen LogP contribution in [-0.4, -0.2) is 12.8 Å². The zero-order valence-electron chi connectivity index (χ0n) is 8.85. The van der Waals surface area contributed by atoms with Gasteiger partial charge in [-0.2, -0.15) is 8.79 Å². The molecule has 1 aromatic carbocycles. The largest absolute Gasteiger partial charge is 0.254 e. The van der Waals surface area contributed by atoms with E-state index in [2.05, 4.69) is 4.37 Å². The zero-order valence-corrected chi connectivity index (χ0v) is 10.5. The van der Waals surface area contributed by atoms with Gasteiger partial charge in [0.2, 0.25) is 0 Å². The van der Waals surface area contributed by atoms with Gasteiger partial charge in [0.15, 0.2) is 5.82 Å². The molecule has 2 rings (SSSR count). The van der Waals surface area contributed by atoms with Gasteiger partial charge in [-0.1, -0.05) is 30.3 Å². The van der Waals surface area contributed by atoms with Crippen molar-refractivity contribution in [1.29, 1.82) is 0 Å². The first-order valence-corrected chi connectivity index (χ1v) is 7.26. The summed E-state index contributed by atoms with van der Waals surface area (Å²) in [6.45, 7) is 0. The smallest absolute Gasteiger partial charge is 0.232 e. The summed E-state index contributed by atoms with van der Waals surface area (Å²) in [4.78, 5) is 0. The Labute approximate surface area is 104 Å². The molecule has 5 nitrogen and oxygen atoms in total. The number of rotatable bonds is 4. The highest BCUT2D eigenvalue weighted by Gasteiger charge is 2.21. The third kappa shape index (κ3) is 2.82. The summed E-state index contributed by atoms with van der Waals surface area (Å²) in [6.07, 6.45) is 0. The van der Waals surface area contributed by atoms with Crippen LogP contribution in [0.15, 0.2) is 41.8 Å². The number of sulfonamides is 1. The maximum atomic E-state index is 12.0. The van der Waals surface area contributed by atoms with E-state index in [4.69, 9.17) is 5.84 Å². The van der Waals surface area contributed by atoms with Crippen molar-refractivity contribution in [2.75, 3.05) is 4.41 Å². The summed E-state index contributed by atoms with van der Waals surface area (Å²) < 4.78 is 28.5. The molecule has 0 fully saturated rings. The first-order valence-electron chi connectivity index (χ1n) is 4.81. The van der Waals surface area contributed by atoms with Crippen LogP contribution >= 0.6 is 11.5 Å². The molecule has 0 aliphatic heterocycles. The second-order valence-corrected chi connectivity index (χ2v) is 5.91. The Morgan fingerprint density at radius 3 is 2.53 bits per heavy atom. The van der Waals surface area contributed by atoms with Crippen LogP contribution in [0.1, 0.15) is 5.56 Å². The van der Waals surface area contributed by atoms with Crippen LogP contribution in [0.5, 0.6) is 0 Å². The fraction of sp³-hybridized carbons (Fsp3) is 0.100. The number of nitrogens with zero attached hydrogens (tertiary/aromatic N) is 2. The van der Waals surface area contributed by atoms with Crippen molar-refractivity contribution >= 4 is 27.4 Å². The van der Waals surface area contributed by atoms with Crippen LogP contribution in [0.25, 0.3) is 0 Å². The van der Waals surface area contributed by atoms with Crippen molar-refractivity contribution in [3.05, 3.63) is 47.3 Å². The molecule has 2 N–H and O–H groups in total. The van der Waals surface area contributed by atoms with Gasteiger partial charge in [0.25, 0.3) is 10.0 Å². The lowest BCUT2D eigenvalue weighted by Crippen LogP contribution is -2.38. The second-order valence-electron chi connectivity index (χ2n) is 3.40. The average molecular weight is 269 g/mol. The van der Waals surface area contributed by atoms with E-state index in [0.717, 1.165) is 15.9 Å². The van der Waals surface area contributed by atoms with Crippen LogP contribution in [0.3, 0.4) is 0 Å². The lowest BCUT2D eigenvalue weighted by molar-refractivity contribution is 0.591. The monoisotopic (exact) mass is 269 g/mol. The van der Waals surface area contributed by atoms with E-state index >= 15 is 0 Å². The predicted molar refractivity (Wildman–Crippen MR) is 67.8 cm³/mol. The Hall–Kier alpha value is -1.44. The van der Waals surface area contributed by atoms with Crippen molar-refractivity contribution in [2.45, 2.75) is 5.75 Å². The normalized spacial score (nSPS) is 11.4. The molecule has 0 amide bonds. The average Bonchev–Trinajstić information content (AvgIpc) is 2.82. The third-order valence-electron chi connectivity index (χ3n) is 2.14. The topological polar surface area (TPSA) is 76.3 Å². The first kappa shape index (κ1) is 12.0. The molecule has 0 unspecified atom stereocenters. The molecule has 2 aromatic rings. The fourth-order valence-electron chi connectivity index (χ4n) is 1.32.